The molecule has 1 aromatic heterocycles. The molecule has 1 fully saturated rings. The molecular formula is C20H22Cl2N2O. The van der Waals surface area contributed by atoms with Crippen LogP contribution in [0.1, 0.15) is 30.9 Å². The molecule has 3 nitrogen and oxygen atoms in total. The summed E-state index contributed by atoms with van der Waals surface area (Å²) in [4.78, 5) is 6.68. The van der Waals surface area contributed by atoms with Crippen molar-refractivity contribution < 1.29 is 4.74 Å². The highest BCUT2D eigenvalue weighted by Gasteiger charge is 2.18. The maximum atomic E-state index is 6.14. The number of rotatable bonds is 5. The molecule has 0 unspecified atom stereocenters. The summed E-state index contributed by atoms with van der Waals surface area (Å²) in [5, 5.41) is 1.14. The van der Waals surface area contributed by atoms with E-state index in [4.69, 9.17) is 27.9 Å². The minimum atomic E-state index is 0.380. The van der Waals surface area contributed by atoms with E-state index >= 15 is 0 Å². The van der Waals surface area contributed by atoms with Gasteiger partial charge in [0.05, 0.1) is 5.02 Å². The summed E-state index contributed by atoms with van der Waals surface area (Å²) in [6.07, 6.45) is 6.08. The SMILES string of the molecule is C=C(c1cncc(COc2cc(Cl)ccc2Cl)c1)N1CCC(C)CC1. The number of piperidine rings is 1. The maximum absolute atomic E-state index is 6.14. The third-order valence-corrected chi connectivity index (χ3v) is 5.13. The second-order valence-corrected chi connectivity index (χ2v) is 7.41. The number of halogens is 2. The van der Waals surface area contributed by atoms with Gasteiger partial charge in [0.2, 0.25) is 0 Å². The first-order chi connectivity index (χ1) is 12.0. The maximum Gasteiger partial charge on any atom is 0.139 e. The molecule has 1 aromatic carbocycles. The highest BCUT2D eigenvalue weighted by molar-refractivity contribution is 6.34. The van der Waals surface area contributed by atoms with Gasteiger partial charge in [-0.25, -0.2) is 0 Å². The van der Waals surface area contributed by atoms with Gasteiger partial charge >= 0.3 is 0 Å². The number of pyridine rings is 1. The lowest BCUT2D eigenvalue weighted by atomic mass is 9.98. The lowest BCUT2D eigenvalue weighted by Gasteiger charge is -2.33. The number of hydrogen-bond donors (Lipinski definition) is 0. The molecule has 0 radical (unpaired) electrons. The van der Waals surface area contributed by atoms with Crippen molar-refractivity contribution in [1.29, 1.82) is 0 Å². The molecule has 3 rings (SSSR count). The van der Waals surface area contributed by atoms with Gasteiger partial charge in [0.15, 0.2) is 0 Å². The molecule has 1 saturated heterocycles. The van der Waals surface area contributed by atoms with Crippen LogP contribution in [-0.2, 0) is 6.61 Å². The van der Waals surface area contributed by atoms with Gasteiger partial charge in [0, 0.05) is 53.4 Å². The lowest BCUT2D eigenvalue weighted by Crippen LogP contribution is -2.31. The number of nitrogens with zero attached hydrogens (tertiary/aromatic N) is 2. The van der Waals surface area contributed by atoms with Crippen molar-refractivity contribution in [2.24, 2.45) is 5.92 Å². The Morgan fingerprint density at radius 2 is 2.00 bits per heavy atom. The van der Waals surface area contributed by atoms with Gasteiger partial charge in [-0.05, 0) is 37.0 Å². The number of likely N-dealkylation sites (tertiary alicyclic amines) is 1. The number of hydrogen-bond acceptors (Lipinski definition) is 3. The molecule has 25 heavy (non-hydrogen) atoms. The van der Waals surface area contributed by atoms with Gasteiger partial charge in [0.25, 0.3) is 0 Å². The van der Waals surface area contributed by atoms with E-state index in [-0.39, 0.29) is 0 Å². The zero-order valence-electron chi connectivity index (χ0n) is 14.3. The van der Waals surface area contributed by atoms with E-state index in [1.807, 2.05) is 6.20 Å². The summed E-state index contributed by atoms with van der Waals surface area (Å²) in [6.45, 7) is 9.06. The Kier molecular flexibility index (Phi) is 5.87. The molecule has 1 aliphatic rings. The summed E-state index contributed by atoms with van der Waals surface area (Å²) in [7, 11) is 0. The quantitative estimate of drug-likeness (QED) is 0.671. The summed E-state index contributed by atoms with van der Waals surface area (Å²) >= 11 is 12.1. The molecule has 0 bridgehead atoms. The Hall–Kier alpha value is -1.71. The van der Waals surface area contributed by atoms with Crippen molar-refractivity contribution in [3.05, 3.63) is 64.4 Å². The summed E-state index contributed by atoms with van der Waals surface area (Å²) in [6, 6.07) is 7.26. The third kappa shape index (κ3) is 4.68. The first-order valence-corrected chi connectivity index (χ1v) is 9.24. The van der Waals surface area contributed by atoms with E-state index in [0.29, 0.717) is 22.4 Å². The highest BCUT2D eigenvalue weighted by atomic mass is 35.5. The highest BCUT2D eigenvalue weighted by Crippen LogP contribution is 2.29. The first kappa shape index (κ1) is 18.1. The molecule has 5 heteroatoms. The molecular weight excluding hydrogens is 355 g/mol. The van der Waals surface area contributed by atoms with E-state index in [9.17, 15) is 0 Å². The Labute approximate surface area is 159 Å². The molecule has 0 spiro atoms. The Balaban J connectivity index is 1.67. The first-order valence-electron chi connectivity index (χ1n) is 8.49. The Bertz CT molecular complexity index is 755. The molecule has 2 aromatic rings. The van der Waals surface area contributed by atoms with E-state index in [0.717, 1.165) is 35.8 Å². The predicted octanol–water partition coefficient (Wildman–Crippen LogP) is 5.67. The number of aromatic nitrogens is 1. The second-order valence-electron chi connectivity index (χ2n) is 6.56. The normalized spacial score (nSPS) is 15.2. The molecule has 0 amide bonds. The van der Waals surface area contributed by atoms with E-state index in [1.54, 1.807) is 24.4 Å². The fraction of sp³-hybridized carbons (Fsp3) is 0.350. The second kappa shape index (κ2) is 8.11. The van der Waals surface area contributed by atoms with Crippen LogP contribution in [0.3, 0.4) is 0 Å². The average molecular weight is 377 g/mol. The van der Waals surface area contributed by atoms with Gasteiger partial charge in [-0.15, -0.1) is 0 Å². The van der Waals surface area contributed by atoms with Crippen LogP contribution in [0.2, 0.25) is 10.0 Å². The monoisotopic (exact) mass is 376 g/mol. The minimum Gasteiger partial charge on any atom is -0.487 e. The van der Waals surface area contributed by atoms with Gasteiger partial charge in [-0.2, -0.15) is 0 Å². The molecule has 0 aliphatic carbocycles. The standard InChI is InChI=1S/C20H22Cl2N2O/c1-14-5-7-24(8-6-14)15(2)17-9-16(11-23-12-17)13-25-20-10-18(21)3-4-19(20)22/h3-4,9-12,14H,2,5-8,13H2,1H3. The number of benzene rings is 1. The molecule has 0 N–H and O–H groups in total. The van der Waals surface area contributed by atoms with Crippen molar-refractivity contribution in [3.63, 3.8) is 0 Å². The van der Waals surface area contributed by atoms with E-state index in [1.165, 1.54) is 12.8 Å². The lowest BCUT2D eigenvalue weighted by molar-refractivity contribution is 0.268. The largest absolute Gasteiger partial charge is 0.487 e. The van der Waals surface area contributed by atoms with Crippen molar-refractivity contribution in [2.45, 2.75) is 26.4 Å². The average Bonchev–Trinajstić information content (AvgIpc) is 2.63. The van der Waals surface area contributed by atoms with Crippen LogP contribution in [0.4, 0.5) is 0 Å². The minimum absolute atomic E-state index is 0.380. The van der Waals surface area contributed by atoms with Crippen LogP contribution in [0.15, 0.2) is 43.2 Å². The molecule has 0 atom stereocenters. The fourth-order valence-corrected chi connectivity index (χ4v) is 3.27. The van der Waals surface area contributed by atoms with Gasteiger partial charge < -0.3 is 9.64 Å². The zero-order chi connectivity index (χ0) is 17.8. The van der Waals surface area contributed by atoms with Crippen molar-refractivity contribution >= 4 is 28.9 Å². The summed E-state index contributed by atoms with van der Waals surface area (Å²) < 4.78 is 5.80. The van der Waals surface area contributed by atoms with Crippen LogP contribution in [-0.4, -0.2) is 23.0 Å². The Morgan fingerprint density at radius 1 is 1.24 bits per heavy atom. The van der Waals surface area contributed by atoms with Crippen LogP contribution in [0.25, 0.3) is 5.70 Å². The molecule has 0 saturated carbocycles. The summed E-state index contributed by atoms with van der Waals surface area (Å²) in [5.74, 6) is 1.37. The van der Waals surface area contributed by atoms with Crippen molar-refractivity contribution in [2.75, 3.05) is 13.1 Å². The summed E-state index contributed by atoms with van der Waals surface area (Å²) in [5.41, 5.74) is 3.04. The van der Waals surface area contributed by atoms with Crippen LogP contribution < -0.4 is 4.74 Å². The van der Waals surface area contributed by atoms with E-state index in [2.05, 4.69) is 29.5 Å². The Morgan fingerprint density at radius 3 is 2.76 bits per heavy atom. The fourth-order valence-electron chi connectivity index (χ4n) is 2.93. The number of ether oxygens (including phenoxy) is 1. The molecule has 132 valence electrons. The zero-order valence-corrected chi connectivity index (χ0v) is 15.9. The molecule has 1 aliphatic heterocycles. The van der Waals surface area contributed by atoms with Crippen molar-refractivity contribution in [1.82, 2.24) is 9.88 Å². The smallest absolute Gasteiger partial charge is 0.139 e. The third-order valence-electron chi connectivity index (χ3n) is 4.58. The van der Waals surface area contributed by atoms with Gasteiger partial charge in [0.1, 0.15) is 12.4 Å². The topological polar surface area (TPSA) is 25.4 Å². The van der Waals surface area contributed by atoms with Gasteiger partial charge in [-0.1, -0.05) is 36.7 Å². The van der Waals surface area contributed by atoms with Crippen LogP contribution in [0.5, 0.6) is 5.75 Å². The predicted molar refractivity (Wildman–Crippen MR) is 104 cm³/mol. The molecule has 2 heterocycles. The van der Waals surface area contributed by atoms with Gasteiger partial charge in [-0.3, -0.25) is 4.98 Å². The van der Waals surface area contributed by atoms with Crippen molar-refractivity contribution in [3.8, 4) is 5.75 Å². The van der Waals surface area contributed by atoms with E-state index < -0.39 is 0 Å². The van der Waals surface area contributed by atoms with Crippen LogP contribution >= 0.6 is 23.2 Å². The van der Waals surface area contributed by atoms with Crippen LogP contribution in [0, 0.1) is 5.92 Å².